The SMILES string of the molecule is COc1ccc(C)cc1-c1cc(C)ccc1C(=O)O. The first-order chi connectivity index (χ1) is 9.02. The molecule has 1 N–H and O–H groups in total. The molecule has 0 aliphatic carbocycles. The zero-order valence-electron chi connectivity index (χ0n) is 11.2. The number of aromatic carboxylic acids is 1. The predicted molar refractivity (Wildman–Crippen MR) is 74.9 cm³/mol. The largest absolute Gasteiger partial charge is 0.496 e. The highest BCUT2D eigenvalue weighted by Crippen LogP contribution is 2.33. The lowest BCUT2D eigenvalue weighted by molar-refractivity contribution is 0.0697. The van der Waals surface area contributed by atoms with Crippen LogP contribution in [0.2, 0.25) is 0 Å². The van der Waals surface area contributed by atoms with E-state index >= 15 is 0 Å². The van der Waals surface area contributed by atoms with Crippen LogP contribution in [0.4, 0.5) is 0 Å². The number of carbonyl (C=O) groups is 1. The van der Waals surface area contributed by atoms with Crippen LogP contribution in [0.15, 0.2) is 36.4 Å². The van der Waals surface area contributed by atoms with Crippen LogP contribution in [0.3, 0.4) is 0 Å². The number of methoxy groups -OCH3 is 1. The minimum Gasteiger partial charge on any atom is -0.496 e. The van der Waals surface area contributed by atoms with Gasteiger partial charge in [0.2, 0.25) is 0 Å². The first kappa shape index (κ1) is 13.1. The minimum atomic E-state index is -0.932. The highest BCUT2D eigenvalue weighted by atomic mass is 16.5. The van der Waals surface area contributed by atoms with E-state index in [9.17, 15) is 9.90 Å². The van der Waals surface area contributed by atoms with Gasteiger partial charge in [-0.3, -0.25) is 0 Å². The predicted octanol–water partition coefficient (Wildman–Crippen LogP) is 3.68. The third-order valence-corrected chi connectivity index (χ3v) is 3.05. The number of carboxylic acid groups (broad SMARTS) is 1. The van der Waals surface area contributed by atoms with Crippen molar-refractivity contribution < 1.29 is 14.6 Å². The zero-order valence-corrected chi connectivity index (χ0v) is 11.2. The molecular weight excluding hydrogens is 240 g/mol. The van der Waals surface area contributed by atoms with Gasteiger partial charge in [-0.15, -0.1) is 0 Å². The van der Waals surface area contributed by atoms with E-state index in [1.165, 1.54) is 0 Å². The molecule has 0 spiro atoms. The van der Waals surface area contributed by atoms with Crippen molar-refractivity contribution in [2.24, 2.45) is 0 Å². The summed E-state index contributed by atoms with van der Waals surface area (Å²) < 4.78 is 5.34. The van der Waals surface area contributed by atoms with E-state index < -0.39 is 5.97 Å². The Morgan fingerprint density at radius 1 is 1.00 bits per heavy atom. The van der Waals surface area contributed by atoms with Crippen molar-refractivity contribution in [3.05, 3.63) is 53.1 Å². The molecule has 2 rings (SSSR count). The van der Waals surface area contributed by atoms with E-state index in [2.05, 4.69) is 0 Å². The normalized spacial score (nSPS) is 10.3. The number of hydrogen-bond donors (Lipinski definition) is 1. The van der Waals surface area contributed by atoms with Crippen molar-refractivity contribution in [2.45, 2.75) is 13.8 Å². The Balaban J connectivity index is 2.73. The van der Waals surface area contributed by atoms with Gasteiger partial charge >= 0.3 is 5.97 Å². The van der Waals surface area contributed by atoms with E-state index in [0.717, 1.165) is 16.7 Å². The molecule has 0 atom stereocenters. The lowest BCUT2D eigenvalue weighted by Gasteiger charge is -2.12. The van der Waals surface area contributed by atoms with Gasteiger partial charge in [-0.2, -0.15) is 0 Å². The maximum Gasteiger partial charge on any atom is 0.336 e. The third-order valence-electron chi connectivity index (χ3n) is 3.05. The molecule has 0 aromatic heterocycles. The molecule has 0 aliphatic rings. The second-order valence-electron chi connectivity index (χ2n) is 4.56. The van der Waals surface area contributed by atoms with Gasteiger partial charge in [0.05, 0.1) is 12.7 Å². The van der Waals surface area contributed by atoms with Crippen LogP contribution in [0.1, 0.15) is 21.5 Å². The Kier molecular flexibility index (Phi) is 3.56. The topological polar surface area (TPSA) is 46.5 Å². The molecule has 0 bridgehead atoms. The third kappa shape index (κ3) is 2.60. The fourth-order valence-electron chi connectivity index (χ4n) is 2.10. The molecule has 0 radical (unpaired) electrons. The molecule has 2 aromatic carbocycles. The highest BCUT2D eigenvalue weighted by Gasteiger charge is 2.15. The van der Waals surface area contributed by atoms with Crippen molar-refractivity contribution in [2.75, 3.05) is 7.11 Å². The molecule has 98 valence electrons. The lowest BCUT2D eigenvalue weighted by Crippen LogP contribution is -2.01. The summed E-state index contributed by atoms with van der Waals surface area (Å²) in [5.74, 6) is -0.253. The van der Waals surface area contributed by atoms with Crippen LogP contribution >= 0.6 is 0 Å². The first-order valence-electron chi connectivity index (χ1n) is 6.02. The summed E-state index contributed by atoms with van der Waals surface area (Å²) in [7, 11) is 1.59. The van der Waals surface area contributed by atoms with E-state index in [1.54, 1.807) is 19.2 Å². The number of ether oxygens (including phenoxy) is 1. The maximum atomic E-state index is 11.4. The molecule has 0 saturated heterocycles. The molecule has 0 aliphatic heterocycles. The minimum absolute atomic E-state index is 0.287. The Bertz CT molecular complexity index is 630. The zero-order chi connectivity index (χ0) is 14.0. The monoisotopic (exact) mass is 256 g/mol. The number of hydrogen-bond acceptors (Lipinski definition) is 2. The molecule has 0 fully saturated rings. The molecule has 2 aromatic rings. The van der Waals surface area contributed by atoms with E-state index in [-0.39, 0.29) is 5.56 Å². The van der Waals surface area contributed by atoms with Crippen LogP contribution in [0.5, 0.6) is 5.75 Å². The van der Waals surface area contributed by atoms with Crippen LogP contribution in [0.25, 0.3) is 11.1 Å². The molecular formula is C16H16O3. The Labute approximate surface area is 112 Å². The summed E-state index contributed by atoms with van der Waals surface area (Å²) >= 11 is 0. The van der Waals surface area contributed by atoms with Gasteiger partial charge in [0, 0.05) is 11.1 Å². The van der Waals surface area contributed by atoms with Crippen molar-refractivity contribution in [1.29, 1.82) is 0 Å². The van der Waals surface area contributed by atoms with E-state index in [4.69, 9.17) is 4.74 Å². The van der Waals surface area contributed by atoms with Crippen molar-refractivity contribution in [1.82, 2.24) is 0 Å². The summed E-state index contributed by atoms with van der Waals surface area (Å²) in [4.78, 5) is 11.4. The van der Waals surface area contributed by atoms with Gasteiger partial charge in [-0.05, 0) is 32.0 Å². The van der Waals surface area contributed by atoms with Gasteiger partial charge in [0.25, 0.3) is 0 Å². The quantitative estimate of drug-likeness (QED) is 0.911. The van der Waals surface area contributed by atoms with Gasteiger partial charge in [-0.1, -0.05) is 29.3 Å². The average molecular weight is 256 g/mol. The van der Waals surface area contributed by atoms with Crippen LogP contribution in [-0.2, 0) is 0 Å². The summed E-state index contributed by atoms with van der Waals surface area (Å²) in [6.45, 7) is 3.91. The summed E-state index contributed by atoms with van der Waals surface area (Å²) in [5.41, 5.74) is 3.86. The molecule has 0 unspecified atom stereocenters. The Hall–Kier alpha value is -2.29. The van der Waals surface area contributed by atoms with Gasteiger partial charge in [-0.25, -0.2) is 4.79 Å². The lowest BCUT2D eigenvalue weighted by atomic mass is 9.95. The number of rotatable bonds is 3. The van der Waals surface area contributed by atoms with Crippen LogP contribution in [0, 0.1) is 13.8 Å². The Morgan fingerprint density at radius 3 is 2.16 bits per heavy atom. The Morgan fingerprint density at radius 2 is 1.58 bits per heavy atom. The molecule has 3 nitrogen and oxygen atoms in total. The fraction of sp³-hybridized carbons (Fsp3) is 0.188. The summed E-state index contributed by atoms with van der Waals surface area (Å²) in [5, 5.41) is 9.31. The number of carboxylic acids is 1. The van der Waals surface area contributed by atoms with Crippen molar-refractivity contribution in [3.63, 3.8) is 0 Å². The highest BCUT2D eigenvalue weighted by molar-refractivity contribution is 5.97. The van der Waals surface area contributed by atoms with Gasteiger partial charge in [0.15, 0.2) is 0 Å². The van der Waals surface area contributed by atoms with Gasteiger partial charge < -0.3 is 9.84 Å². The van der Waals surface area contributed by atoms with Crippen LogP contribution in [-0.4, -0.2) is 18.2 Å². The second-order valence-corrected chi connectivity index (χ2v) is 4.56. The molecule has 0 amide bonds. The van der Waals surface area contributed by atoms with Crippen LogP contribution < -0.4 is 4.74 Å². The number of aryl methyl sites for hydroxylation is 2. The fourth-order valence-corrected chi connectivity index (χ4v) is 2.10. The average Bonchev–Trinajstić information content (AvgIpc) is 2.38. The molecule has 0 heterocycles. The standard InChI is InChI=1S/C16H16O3/c1-10-4-6-12(16(17)18)13(8-10)14-9-11(2)5-7-15(14)19-3/h4-9H,1-3H3,(H,17,18). The van der Waals surface area contributed by atoms with Crippen molar-refractivity contribution in [3.8, 4) is 16.9 Å². The summed E-state index contributed by atoms with van der Waals surface area (Å²) in [6, 6.07) is 11.1. The van der Waals surface area contributed by atoms with Gasteiger partial charge in [0.1, 0.15) is 5.75 Å². The van der Waals surface area contributed by atoms with E-state index in [1.807, 2.05) is 38.1 Å². The summed E-state index contributed by atoms with van der Waals surface area (Å²) in [6.07, 6.45) is 0. The smallest absolute Gasteiger partial charge is 0.336 e. The first-order valence-corrected chi connectivity index (χ1v) is 6.02. The number of benzene rings is 2. The van der Waals surface area contributed by atoms with E-state index in [0.29, 0.717) is 11.3 Å². The van der Waals surface area contributed by atoms with Crippen molar-refractivity contribution >= 4 is 5.97 Å². The molecule has 19 heavy (non-hydrogen) atoms. The molecule has 0 saturated carbocycles. The maximum absolute atomic E-state index is 11.4. The second kappa shape index (κ2) is 5.14. The molecule has 3 heteroatoms.